The highest BCUT2D eigenvalue weighted by Crippen LogP contribution is 2.12. The zero-order chi connectivity index (χ0) is 8.55. The number of fused-ring (bicyclic) bond motifs is 1. The summed E-state index contributed by atoms with van der Waals surface area (Å²) in [4.78, 5) is 14.3. The van der Waals surface area contributed by atoms with Gasteiger partial charge in [0.1, 0.15) is 0 Å². The van der Waals surface area contributed by atoms with Gasteiger partial charge in [0.05, 0.1) is 11.7 Å². The number of imidazole rings is 1. The highest BCUT2D eigenvalue weighted by Gasteiger charge is 2.00. The normalized spacial score (nSPS) is 10.4. The monoisotopic (exact) mass is 180 g/mol. The highest BCUT2D eigenvalue weighted by molar-refractivity contribution is 6.30. The molecule has 0 radical (unpaired) electrons. The van der Waals surface area contributed by atoms with Gasteiger partial charge in [-0.05, 0) is 12.1 Å². The first kappa shape index (κ1) is 7.31. The van der Waals surface area contributed by atoms with Gasteiger partial charge in [0.15, 0.2) is 12.1 Å². The van der Waals surface area contributed by atoms with E-state index >= 15 is 0 Å². The lowest BCUT2D eigenvalue weighted by Crippen LogP contribution is -1.90. The van der Waals surface area contributed by atoms with E-state index in [0.29, 0.717) is 17.1 Å². The van der Waals surface area contributed by atoms with Crippen molar-refractivity contribution in [1.29, 1.82) is 0 Å². The molecule has 0 aromatic carbocycles. The average molecular weight is 181 g/mol. The maximum absolute atomic E-state index is 10.5. The van der Waals surface area contributed by atoms with Gasteiger partial charge in [-0.15, -0.1) is 0 Å². The molecule has 2 heterocycles. The van der Waals surface area contributed by atoms with Crippen LogP contribution in [0, 0.1) is 0 Å². The minimum Gasteiger partial charge on any atom is -0.297 e. The van der Waals surface area contributed by atoms with Crippen molar-refractivity contribution in [2.24, 2.45) is 0 Å². The molecular weight excluding hydrogens is 176 g/mol. The number of carbonyl (C=O) groups is 1. The lowest BCUT2D eigenvalue weighted by Gasteiger charge is -1.94. The molecule has 0 spiro atoms. The molecule has 0 N–H and O–H groups in total. The molecule has 0 unspecified atom stereocenters. The van der Waals surface area contributed by atoms with Gasteiger partial charge < -0.3 is 0 Å². The SMILES string of the molecule is O=Cc1ncc2cc(Cl)ccn12. The zero-order valence-corrected chi connectivity index (χ0v) is 6.82. The van der Waals surface area contributed by atoms with Crippen LogP contribution in [0.2, 0.25) is 5.02 Å². The van der Waals surface area contributed by atoms with E-state index in [4.69, 9.17) is 11.6 Å². The summed E-state index contributed by atoms with van der Waals surface area (Å²) in [5.41, 5.74) is 0.824. The number of rotatable bonds is 1. The molecule has 0 aliphatic heterocycles. The maximum atomic E-state index is 10.5. The number of pyridine rings is 1. The molecule has 12 heavy (non-hydrogen) atoms. The molecule has 60 valence electrons. The van der Waals surface area contributed by atoms with Crippen molar-refractivity contribution in [2.75, 3.05) is 0 Å². The summed E-state index contributed by atoms with van der Waals surface area (Å²) in [5.74, 6) is 0.390. The van der Waals surface area contributed by atoms with E-state index < -0.39 is 0 Å². The average Bonchev–Trinajstić information content (AvgIpc) is 2.46. The van der Waals surface area contributed by atoms with Crippen LogP contribution in [0.4, 0.5) is 0 Å². The summed E-state index contributed by atoms with van der Waals surface area (Å²) in [6.45, 7) is 0. The molecule has 4 heteroatoms. The van der Waals surface area contributed by atoms with Gasteiger partial charge in [0.25, 0.3) is 0 Å². The molecular formula is C8H5ClN2O. The molecule has 0 aliphatic carbocycles. The van der Waals surface area contributed by atoms with Crippen molar-refractivity contribution in [2.45, 2.75) is 0 Å². The standard InChI is InChI=1S/C8H5ClN2O/c9-6-1-2-11-7(3-6)4-10-8(11)5-12/h1-5H. The summed E-state index contributed by atoms with van der Waals surface area (Å²) >= 11 is 5.74. The third kappa shape index (κ3) is 0.987. The quantitative estimate of drug-likeness (QED) is 0.628. The second-order valence-corrected chi connectivity index (χ2v) is 2.81. The fraction of sp³-hybridized carbons (Fsp3) is 0. The van der Waals surface area contributed by atoms with Gasteiger partial charge in [-0.1, -0.05) is 11.6 Å². The van der Waals surface area contributed by atoms with Gasteiger partial charge in [0.2, 0.25) is 0 Å². The first-order chi connectivity index (χ1) is 5.81. The van der Waals surface area contributed by atoms with E-state index in [1.54, 1.807) is 28.9 Å². The van der Waals surface area contributed by atoms with E-state index in [-0.39, 0.29) is 0 Å². The van der Waals surface area contributed by atoms with Gasteiger partial charge in [0, 0.05) is 11.2 Å². The van der Waals surface area contributed by atoms with Crippen LogP contribution in [0.15, 0.2) is 24.5 Å². The predicted octanol–water partition coefficient (Wildman–Crippen LogP) is 1.80. The fourth-order valence-corrected chi connectivity index (χ4v) is 1.25. The second-order valence-electron chi connectivity index (χ2n) is 2.37. The largest absolute Gasteiger partial charge is 0.297 e. The Hall–Kier alpha value is -1.35. The van der Waals surface area contributed by atoms with Crippen LogP contribution < -0.4 is 0 Å². The minimum atomic E-state index is 0.390. The third-order valence-electron chi connectivity index (χ3n) is 1.63. The van der Waals surface area contributed by atoms with Crippen LogP contribution in [0.1, 0.15) is 10.6 Å². The molecule has 0 amide bonds. The van der Waals surface area contributed by atoms with E-state index in [1.165, 1.54) is 0 Å². The Kier molecular flexibility index (Phi) is 1.59. The molecule has 2 aromatic rings. The second kappa shape index (κ2) is 2.60. The topological polar surface area (TPSA) is 34.4 Å². The smallest absolute Gasteiger partial charge is 0.185 e. The molecule has 2 aromatic heterocycles. The number of hydrogen-bond donors (Lipinski definition) is 0. The Morgan fingerprint density at radius 2 is 2.42 bits per heavy atom. The van der Waals surface area contributed by atoms with E-state index in [2.05, 4.69) is 4.98 Å². The molecule has 0 saturated carbocycles. The van der Waals surface area contributed by atoms with E-state index in [9.17, 15) is 4.79 Å². The van der Waals surface area contributed by atoms with Crippen molar-refractivity contribution >= 4 is 23.4 Å². The van der Waals surface area contributed by atoms with Crippen LogP contribution >= 0.6 is 11.6 Å². The number of nitrogens with zero attached hydrogens (tertiary/aromatic N) is 2. The van der Waals surface area contributed by atoms with Crippen LogP contribution in [-0.2, 0) is 0 Å². The van der Waals surface area contributed by atoms with Gasteiger partial charge in [-0.2, -0.15) is 0 Å². The van der Waals surface area contributed by atoms with Crippen LogP contribution in [0.5, 0.6) is 0 Å². The van der Waals surface area contributed by atoms with Crippen molar-refractivity contribution in [3.05, 3.63) is 35.4 Å². The van der Waals surface area contributed by atoms with Crippen LogP contribution in [0.3, 0.4) is 0 Å². The number of aromatic nitrogens is 2. The highest BCUT2D eigenvalue weighted by atomic mass is 35.5. The predicted molar refractivity (Wildman–Crippen MR) is 45.6 cm³/mol. The fourth-order valence-electron chi connectivity index (χ4n) is 1.08. The Labute approximate surface area is 73.6 Å². The summed E-state index contributed by atoms with van der Waals surface area (Å²) in [5, 5.41) is 0.639. The molecule has 0 bridgehead atoms. The number of hydrogen-bond acceptors (Lipinski definition) is 2. The third-order valence-corrected chi connectivity index (χ3v) is 1.86. The summed E-state index contributed by atoms with van der Waals surface area (Å²) in [6.07, 6.45) is 4.03. The number of carbonyl (C=O) groups excluding carboxylic acids is 1. The first-order valence-corrected chi connectivity index (χ1v) is 3.77. The Balaban J connectivity index is 2.81. The van der Waals surface area contributed by atoms with Crippen LogP contribution in [0.25, 0.3) is 5.52 Å². The lowest BCUT2D eigenvalue weighted by molar-refractivity contribution is 0.111. The van der Waals surface area contributed by atoms with Crippen molar-refractivity contribution in [1.82, 2.24) is 9.38 Å². The van der Waals surface area contributed by atoms with Gasteiger partial charge >= 0.3 is 0 Å². The molecule has 3 nitrogen and oxygen atoms in total. The van der Waals surface area contributed by atoms with Gasteiger partial charge in [-0.25, -0.2) is 4.98 Å². The summed E-state index contributed by atoms with van der Waals surface area (Å²) < 4.78 is 1.68. The number of halogens is 1. The van der Waals surface area contributed by atoms with Crippen molar-refractivity contribution in [3.63, 3.8) is 0 Å². The molecule has 2 rings (SSSR count). The Morgan fingerprint density at radius 1 is 1.58 bits per heavy atom. The Morgan fingerprint density at radius 3 is 3.17 bits per heavy atom. The molecule has 0 aliphatic rings. The zero-order valence-electron chi connectivity index (χ0n) is 6.07. The van der Waals surface area contributed by atoms with E-state index in [0.717, 1.165) is 5.52 Å². The van der Waals surface area contributed by atoms with Crippen molar-refractivity contribution < 1.29 is 4.79 Å². The molecule has 0 fully saturated rings. The first-order valence-electron chi connectivity index (χ1n) is 3.39. The molecule has 0 atom stereocenters. The summed E-state index contributed by atoms with van der Waals surface area (Å²) in [7, 11) is 0. The lowest BCUT2D eigenvalue weighted by atomic mass is 10.4. The van der Waals surface area contributed by atoms with Crippen molar-refractivity contribution in [3.8, 4) is 0 Å². The summed E-state index contributed by atoms with van der Waals surface area (Å²) in [6, 6.07) is 3.46. The Bertz CT molecular complexity index is 436. The van der Waals surface area contributed by atoms with Gasteiger partial charge in [-0.3, -0.25) is 9.20 Å². The van der Waals surface area contributed by atoms with Crippen LogP contribution in [-0.4, -0.2) is 15.7 Å². The maximum Gasteiger partial charge on any atom is 0.185 e. The number of aldehydes is 1. The van der Waals surface area contributed by atoms with E-state index in [1.807, 2.05) is 0 Å². The minimum absolute atomic E-state index is 0.390. The molecule has 0 saturated heterocycles.